The molecule has 0 radical (unpaired) electrons. The van der Waals surface area contributed by atoms with Gasteiger partial charge in [-0.2, -0.15) is 0 Å². The highest BCUT2D eigenvalue weighted by Crippen LogP contribution is 2.26. The summed E-state index contributed by atoms with van der Waals surface area (Å²) in [6.45, 7) is 5.56. The zero-order valence-electron chi connectivity index (χ0n) is 18.5. The maximum Gasteiger partial charge on any atom is 0.335 e. The highest BCUT2D eigenvalue weighted by Gasteiger charge is 2.11. The van der Waals surface area contributed by atoms with Crippen LogP contribution in [-0.2, 0) is 11.2 Å². The van der Waals surface area contributed by atoms with Gasteiger partial charge < -0.3 is 4.74 Å². The highest BCUT2D eigenvalue weighted by molar-refractivity contribution is 5.83. The first-order chi connectivity index (χ1) is 15.6. The monoisotopic (exact) mass is 432 g/mol. The molecule has 2 aromatic carbocycles. The molecule has 3 rings (SSSR count). The van der Waals surface area contributed by atoms with Gasteiger partial charge in [-0.3, -0.25) is 0 Å². The minimum atomic E-state index is -0.643. The van der Waals surface area contributed by atoms with E-state index in [2.05, 4.69) is 47.7 Å². The van der Waals surface area contributed by atoms with Crippen LogP contribution in [0.25, 0.3) is 22.5 Å². The van der Waals surface area contributed by atoms with E-state index in [1.165, 1.54) is 56.2 Å². The van der Waals surface area contributed by atoms with E-state index in [1.54, 1.807) is 12.4 Å². The van der Waals surface area contributed by atoms with Crippen LogP contribution in [0.3, 0.4) is 0 Å². The number of hydrogen-bond donors (Lipinski definition) is 0. The van der Waals surface area contributed by atoms with Gasteiger partial charge in [-0.05, 0) is 36.1 Å². The number of benzene rings is 2. The second-order valence-electron chi connectivity index (χ2n) is 7.78. The lowest BCUT2D eigenvalue weighted by atomic mass is 10.0. The zero-order valence-corrected chi connectivity index (χ0v) is 18.5. The fourth-order valence-electron chi connectivity index (χ4n) is 3.49. The van der Waals surface area contributed by atoms with Crippen molar-refractivity contribution in [1.29, 1.82) is 0 Å². The summed E-state index contributed by atoms with van der Waals surface area (Å²) in [4.78, 5) is 19.9. The van der Waals surface area contributed by atoms with Crippen molar-refractivity contribution in [2.45, 2.75) is 51.9 Å². The minimum Gasteiger partial charge on any atom is -0.423 e. The molecule has 0 atom stereocenters. The van der Waals surface area contributed by atoms with Crippen LogP contribution in [0.1, 0.15) is 51.0 Å². The van der Waals surface area contributed by atoms with Crippen LogP contribution in [0, 0.1) is 5.82 Å². The Hall–Kier alpha value is -3.34. The maximum absolute atomic E-state index is 14.4. The molecule has 0 saturated carbocycles. The Morgan fingerprint density at radius 1 is 0.969 bits per heavy atom. The van der Waals surface area contributed by atoms with E-state index >= 15 is 0 Å². The van der Waals surface area contributed by atoms with E-state index in [9.17, 15) is 9.18 Å². The molecule has 0 aliphatic carbocycles. The molecule has 166 valence electrons. The predicted octanol–water partition coefficient (Wildman–Crippen LogP) is 6.94. The van der Waals surface area contributed by atoms with Gasteiger partial charge in [0, 0.05) is 30.1 Å². The predicted molar refractivity (Wildman–Crippen MR) is 126 cm³/mol. The van der Waals surface area contributed by atoms with Gasteiger partial charge >= 0.3 is 5.97 Å². The summed E-state index contributed by atoms with van der Waals surface area (Å²) in [6, 6.07) is 12.6. The number of rotatable bonds is 11. The lowest BCUT2D eigenvalue weighted by Gasteiger charge is -2.07. The number of aromatic nitrogens is 2. The second-order valence-corrected chi connectivity index (χ2v) is 7.78. The van der Waals surface area contributed by atoms with Gasteiger partial charge in [0.2, 0.25) is 0 Å². The van der Waals surface area contributed by atoms with Gasteiger partial charge in [-0.25, -0.2) is 19.2 Å². The van der Waals surface area contributed by atoms with Crippen molar-refractivity contribution in [1.82, 2.24) is 9.97 Å². The number of esters is 1. The summed E-state index contributed by atoms with van der Waals surface area (Å²) in [7, 11) is 0. The quantitative estimate of drug-likeness (QED) is 0.142. The number of unbranched alkanes of at least 4 members (excludes halogenated alkanes) is 5. The molecule has 0 aliphatic rings. The Balaban J connectivity index is 1.60. The molecule has 0 bridgehead atoms. The fraction of sp³-hybridized carbons (Fsp3) is 0.296. The number of carbonyl (C=O) groups excluding carboxylic acids is 1. The van der Waals surface area contributed by atoms with Crippen LogP contribution < -0.4 is 4.74 Å². The fourth-order valence-corrected chi connectivity index (χ4v) is 3.49. The van der Waals surface area contributed by atoms with Gasteiger partial charge in [-0.15, -0.1) is 0 Å². The van der Waals surface area contributed by atoms with Gasteiger partial charge in [0.25, 0.3) is 0 Å². The molecule has 32 heavy (non-hydrogen) atoms. The molecule has 5 heteroatoms. The topological polar surface area (TPSA) is 52.1 Å². The third kappa shape index (κ3) is 6.58. The largest absolute Gasteiger partial charge is 0.423 e. The van der Waals surface area contributed by atoms with Crippen molar-refractivity contribution < 1.29 is 13.9 Å². The van der Waals surface area contributed by atoms with Crippen molar-refractivity contribution >= 4 is 5.97 Å². The summed E-state index contributed by atoms with van der Waals surface area (Å²) in [5, 5.41) is 0. The molecule has 0 saturated heterocycles. The van der Waals surface area contributed by atoms with Crippen LogP contribution in [-0.4, -0.2) is 15.9 Å². The van der Waals surface area contributed by atoms with Crippen LogP contribution in [0.5, 0.6) is 5.75 Å². The van der Waals surface area contributed by atoms with E-state index in [1.807, 2.05) is 0 Å². The summed E-state index contributed by atoms with van der Waals surface area (Å²) in [6.07, 6.45) is 13.3. The summed E-state index contributed by atoms with van der Waals surface area (Å²) in [5.41, 5.74) is 3.47. The molecule has 0 amide bonds. The third-order valence-corrected chi connectivity index (χ3v) is 5.32. The Morgan fingerprint density at radius 2 is 1.66 bits per heavy atom. The number of ether oxygens (including phenoxy) is 1. The Kier molecular flexibility index (Phi) is 8.67. The average molecular weight is 433 g/mol. The third-order valence-electron chi connectivity index (χ3n) is 5.32. The Labute approximate surface area is 189 Å². The van der Waals surface area contributed by atoms with E-state index in [0.717, 1.165) is 29.7 Å². The molecule has 3 aromatic rings. The van der Waals surface area contributed by atoms with Gasteiger partial charge in [0.15, 0.2) is 5.82 Å². The smallest absolute Gasteiger partial charge is 0.335 e. The van der Waals surface area contributed by atoms with Crippen molar-refractivity contribution in [3.63, 3.8) is 0 Å². The zero-order chi connectivity index (χ0) is 22.8. The molecule has 0 spiro atoms. The molecule has 0 fully saturated rings. The van der Waals surface area contributed by atoms with E-state index in [-0.39, 0.29) is 17.1 Å². The molecular formula is C27H29FN2O2. The van der Waals surface area contributed by atoms with E-state index in [0.29, 0.717) is 0 Å². The number of carbonyl (C=O) groups is 1. The lowest BCUT2D eigenvalue weighted by molar-refractivity contribution is -0.128. The van der Waals surface area contributed by atoms with E-state index < -0.39 is 11.8 Å². The average Bonchev–Trinajstić information content (AvgIpc) is 2.82. The van der Waals surface area contributed by atoms with E-state index in [4.69, 9.17) is 4.74 Å². The molecule has 1 heterocycles. The van der Waals surface area contributed by atoms with Crippen molar-refractivity contribution in [2.75, 3.05) is 0 Å². The normalized spacial score (nSPS) is 10.7. The maximum atomic E-state index is 14.4. The van der Waals surface area contributed by atoms with Crippen molar-refractivity contribution in [3.8, 4) is 28.3 Å². The van der Waals surface area contributed by atoms with Crippen LogP contribution in [0.15, 0.2) is 67.5 Å². The molecule has 1 aromatic heterocycles. The first-order valence-electron chi connectivity index (χ1n) is 11.2. The number of aryl methyl sites for hydroxylation is 1. The lowest BCUT2D eigenvalue weighted by Crippen LogP contribution is -2.03. The van der Waals surface area contributed by atoms with Crippen molar-refractivity contribution in [2.24, 2.45) is 0 Å². The molecule has 0 aliphatic heterocycles. The molecule has 0 unspecified atom stereocenters. The second kappa shape index (κ2) is 11.9. The minimum absolute atomic E-state index is 0.105. The van der Waals surface area contributed by atoms with Gasteiger partial charge in [0.05, 0.1) is 5.56 Å². The molecule has 0 N–H and O–H groups in total. The summed E-state index contributed by atoms with van der Waals surface area (Å²) >= 11 is 0. The first kappa shape index (κ1) is 23.3. The number of halogens is 1. The Morgan fingerprint density at radius 3 is 2.31 bits per heavy atom. The Bertz CT molecular complexity index is 1030. The summed E-state index contributed by atoms with van der Waals surface area (Å²) in [5.74, 6) is -0.830. The van der Waals surface area contributed by atoms with Gasteiger partial charge in [-0.1, -0.05) is 69.9 Å². The highest BCUT2D eigenvalue weighted by atomic mass is 19.1. The van der Waals surface area contributed by atoms with Crippen LogP contribution >= 0.6 is 0 Å². The van der Waals surface area contributed by atoms with Crippen LogP contribution in [0.4, 0.5) is 4.39 Å². The number of hydrogen-bond acceptors (Lipinski definition) is 4. The molecule has 4 nitrogen and oxygen atoms in total. The molecular weight excluding hydrogens is 403 g/mol. The SMILES string of the molecule is C=CC(=O)Oc1ccc(-c2ncc(-c3ccc(CCCCCCCC)cc3)cn2)c(F)c1. The first-order valence-corrected chi connectivity index (χ1v) is 11.2. The van der Waals surface area contributed by atoms with Gasteiger partial charge in [0.1, 0.15) is 11.6 Å². The van der Waals surface area contributed by atoms with Crippen molar-refractivity contribution in [3.05, 3.63) is 78.9 Å². The standard InChI is InChI=1S/C27H29FN2O2/c1-3-5-6-7-8-9-10-20-11-13-21(14-12-20)22-18-29-27(30-19-22)24-16-15-23(17-25(24)28)32-26(31)4-2/h4,11-19H,2-3,5-10H2,1H3. The summed E-state index contributed by atoms with van der Waals surface area (Å²) < 4.78 is 19.4. The van der Waals surface area contributed by atoms with Crippen LogP contribution in [0.2, 0.25) is 0 Å². The number of nitrogens with zero attached hydrogens (tertiary/aromatic N) is 2.